The molecule has 2 aromatic carbocycles. The number of nitrogens with zero attached hydrogens (tertiary/aromatic N) is 1. The second kappa shape index (κ2) is 10.4. The normalized spacial score (nSPS) is 17.9. The van der Waals surface area contributed by atoms with Crippen LogP contribution in [0.15, 0.2) is 59.1 Å². The summed E-state index contributed by atoms with van der Waals surface area (Å²) in [5, 5.41) is 13.6. The summed E-state index contributed by atoms with van der Waals surface area (Å²) in [4.78, 5) is 37.1. The van der Waals surface area contributed by atoms with E-state index in [9.17, 15) is 19.6 Å². The largest absolute Gasteiger partial charge is 0.468 e. The molecule has 3 rings (SSSR count). The number of hydrogen-bond acceptors (Lipinski definition) is 7. The van der Waals surface area contributed by atoms with E-state index in [0.29, 0.717) is 26.9 Å². The number of nitriles is 1. The number of carbonyl (C=O) groups excluding carboxylic acids is 3. The molecule has 0 saturated carbocycles. The van der Waals surface area contributed by atoms with Gasteiger partial charge in [0.2, 0.25) is 5.91 Å². The number of esters is 2. The van der Waals surface area contributed by atoms with Crippen molar-refractivity contribution in [1.29, 1.82) is 5.26 Å². The summed E-state index contributed by atoms with van der Waals surface area (Å²) in [6.45, 7) is 0. The Kier molecular flexibility index (Phi) is 7.57. The fourth-order valence-electron chi connectivity index (χ4n) is 3.39. The number of rotatable bonds is 6. The Hall–Kier alpha value is -3.28. The van der Waals surface area contributed by atoms with Gasteiger partial charge in [0.25, 0.3) is 0 Å². The summed E-state index contributed by atoms with van der Waals surface area (Å²) in [5.74, 6) is -3.55. The van der Waals surface area contributed by atoms with Crippen LogP contribution in [0.1, 0.15) is 27.4 Å². The first-order valence-corrected chi connectivity index (χ1v) is 10.8. The highest BCUT2D eigenvalue weighted by Gasteiger charge is 2.44. The number of nitrogens with one attached hydrogen (secondary N) is 1. The Morgan fingerprint density at radius 3 is 2.41 bits per heavy atom. The fraction of sp³-hybridized carbons (Fsp3) is 0.217. The van der Waals surface area contributed by atoms with Crippen molar-refractivity contribution in [2.45, 2.75) is 11.7 Å². The van der Waals surface area contributed by atoms with E-state index in [-0.39, 0.29) is 5.57 Å². The Morgan fingerprint density at radius 1 is 1.12 bits per heavy atom. The van der Waals surface area contributed by atoms with E-state index in [1.165, 1.54) is 38.1 Å². The molecule has 0 radical (unpaired) electrons. The van der Waals surface area contributed by atoms with E-state index in [4.69, 9.17) is 21.1 Å². The van der Waals surface area contributed by atoms with Crippen molar-refractivity contribution in [2.24, 2.45) is 5.92 Å². The van der Waals surface area contributed by atoms with E-state index in [1.54, 1.807) is 18.2 Å². The minimum absolute atomic E-state index is 0.225. The van der Waals surface area contributed by atoms with Crippen LogP contribution in [0.5, 0.6) is 0 Å². The summed E-state index contributed by atoms with van der Waals surface area (Å²) in [5.41, 5.74) is 1.90. The van der Waals surface area contributed by atoms with Gasteiger partial charge in [-0.2, -0.15) is 5.26 Å². The van der Waals surface area contributed by atoms with E-state index in [1.807, 2.05) is 18.2 Å². The van der Waals surface area contributed by atoms with Gasteiger partial charge in [-0.3, -0.25) is 9.59 Å². The Labute approximate surface area is 194 Å². The maximum atomic E-state index is 12.9. The number of hydrogen-bond donors (Lipinski definition) is 1. The highest BCUT2D eigenvalue weighted by atomic mass is 35.5. The van der Waals surface area contributed by atoms with E-state index < -0.39 is 29.7 Å². The zero-order valence-corrected chi connectivity index (χ0v) is 18.8. The van der Waals surface area contributed by atoms with Crippen molar-refractivity contribution >= 4 is 41.2 Å². The van der Waals surface area contributed by atoms with Crippen molar-refractivity contribution in [2.75, 3.05) is 14.2 Å². The topological polar surface area (TPSA) is 105 Å². The summed E-state index contributed by atoms with van der Waals surface area (Å²) in [6, 6.07) is 15.7. The summed E-state index contributed by atoms with van der Waals surface area (Å²) >= 11 is 7.47. The molecular weight excluding hydrogens is 452 g/mol. The van der Waals surface area contributed by atoms with Crippen molar-refractivity contribution in [3.05, 3.63) is 80.8 Å². The second-order valence-corrected chi connectivity index (χ2v) is 8.21. The van der Waals surface area contributed by atoms with Crippen LogP contribution in [0.3, 0.4) is 0 Å². The van der Waals surface area contributed by atoms with Gasteiger partial charge >= 0.3 is 11.9 Å². The highest BCUT2D eigenvalue weighted by molar-refractivity contribution is 8.02. The van der Waals surface area contributed by atoms with E-state index >= 15 is 0 Å². The molecule has 0 aromatic heterocycles. The number of methoxy groups -OCH3 is 2. The summed E-state index contributed by atoms with van der Waals surface area (Å²) in [7, 11) is 2.46. The molecule has 0 saturated heterocycles. The van der Waals surface area contributed by atoms with Crippen LogP contribution < -0.4 is 5.32 Å². The van der Waals surface area contributed by atoms with Gasteiger partial charge in [-0.1, -0.05) is 41.9 Å². The lowest BCUT2D eigenvalue weighted by Gasteiger charge is -2.31. The molecule has 1 aliphatic heterocycles. The van der Waals surface area contributed by atoms with Crippen LogP contribution >= 0.6 is 23.4 Å². The van der Waals surface area contributed by atoms with Crippen molar-refractivity contribution < 1.29 is 23.9 Å². The molecular formula is C23H19ClN2O5S. The average molecular weight is 471 g/mol. The minimum Gasteiger partial charge on any atom is -0.468 e. The van der Waals surface area contributed by atoms with Crippen molar-refractivity contribution in [3.8, 4) is 6.07 Å². The van der Waals surface area contributed by atoms with Gasteiger partial charge < -0.3 is 14.8 Å². The first kappa shape index (κ1) is 23.4. The molecule has 32 heavy (non-hydrogen) atoms. The first-order chi connectivity index (χ1) is 15.4. The molecule has 1 heterocycles. The minimum atomic E-state index is -1.25. The Morgan fingerprint density at radius 2 is 1.81 bits per heavy atom. The molecule has 0 aliphatic carbocycles. The van der Waals surface area contributed by atoms with Gasteiger partial charge in [0.05, 0.1) is 36.5 Å². The smallest absolute Gasteiger partial charge is 0.337 e. The quantitative estimate of drug-likeness (QED) is 0.505. The molecule has 0 spiro atoms. The molecule has 2 aromatic rings. The lowest BCUT2D eigenvalue weighted by molar-refractivity contribution is -0.150. The standard InChI is InChI=1S/C23H19ClN2O5S/c1-30-22(28)14-9-7-13(8-10-14)18-16(11-25)21(26-20(27)19(18)23(29)31-2)32-12-15-5-3-4-6-17(15)24/h3-10,18-19H,12H2,1-2H3,(H,26,27)/t18-,19+/m0/s1. The fourth-order valence-corrected chi connectivity index (χ4v) is 4.72. The molecule has 0 bridgehead atoms. The predicted octanol–water partition coefficient (Wildman–Crippen LogP) is 3.80. The Bertz CT molecular complexity index is 1120. The molecule has 2 atom stereocenters. The van der Waals surface area contributed by atoms with Gasteiger partial charge in [0.1, 0.15) is 5.92 Å². The van der Waals surface area contributed by atoms with Crippen LogP contribution in [0, 0.1) is 17.2 Å². The molecule has 7 nitrogen and oxygen atoms in total. The molecule has 164 valence electrons. The lowest BCUT2D eigenvalue weighted by atomic mass is 9.78. The number of halogens is 1. The van der Waals surface area contributed by atoms with Crippen LogP contribution in [0.25, 0.3) is 0 Å². The molecule has 1 N–H and O–H groups in total. The molecule has 0 unspecified atom stereocenters. The average Bonchev–Trinajstić information content (AvgIpc) is 2.82. The van der Waals surface area contributed by atoms with Gasteiger partial charge in [-0.05, 0) is 29.3 Å². The third-order valence-electron chi connectivity index (χ3n) is 5.00. The number of allylic oxidation sites excluding steroid dienone is 1. The van der Waals surface area contributed by atoms with Gasteiger partial charge in [0, 0.05) is 16.7 Å². The second-order valence-electron chi connectivity index (χ2n) is 6.82. The van der Waals surface area contributed by atoms with Crippen LogP contribution in [-0.4, -0.2) is 32.1 Å². The lowest BCUT2D eigenvalue weighted by Crippen LogP contribution is -2.44. The number of ether oxygens (including phenoxy) is 2. The molecule has 1 amide bonds. The number of thioether (sulfide) groups is 1. The van der Waals surface area contributed by atoms with E-state index in [2.05, 4.69) is 11.4 Å². The first-order valence-electron chi connectivity index (χ1n) is 9.48. The number of amides is 1. The number of benzene rings is 2. The van der Waals surface area contributed by atoms with Crippen molar-refractivity contribution in [1.82, 2.24) is 5.32 Å². The summed E-state index contributed by atoms with van der Waals surface area (Å²) < 4.78 is 9.54. The van der Waals surface area contributed by atoms with Crippen LogP contribution in [0.2, 0.25) is 5.02 Å². The third-order valence-corrected chi connectivity index (χ3v) is 6.44. The van der Waals surface area contributed by atoms with Gasteiger partial charge in [-0.25, -0.2) is 4.79 Å². The Balaban J connectivity index is 2.03. The van der Waals surface area contributed by atoms with Crippen molar-refractivity contribution in [3.63, 3.8) is 0 Å². The summed E-state index contributed by atoms with van der Waals surface area (Å²) in [6.07, 6.45) is 0. The van der Waals surface area contributed by atoms with Crippen LogP contribution in [0.4, 0.5) is 0 Å². The molecule has 9 heteroatoms. The zero-order valence-electron chi connectivity index (χ0n) is 17.3. The maximum Gasteiger partial charge on any atom is 0.337 e. The van der Waals surface area contributed by atoms with Crippen LogP contribution in [-0.2, 0) is 24.8 Å². The number of carbonyl (C=O) groups is 3. The molecule has 0 fully saturated rings. The van der Waals surface area contributed by atoms with Gasteiger partial charge in [-0.15, -0.1) is 11.8 Å². The van der Waals surface area contributed by atoms with E-state index in [0.717, 1.165) is 5.56 Å². The third kappa shape index (κ3) is 4.79. The highest BCUT2D eigenvalue weighted by Crippen LogP contribution is 2.41. The maximum absolute atomic E-state index is 12.9. The molecule has 1 aliphatic rings. The monoisotopic (exact) mass is 470 g/mol. The zero-order chi connectivity index (χ0) is 23.3. The predicted molar refractivity (Wildman–Crippen MR) is 120 cm³/mol. The SMILES string of the molecule is COC(=O)c1ccc([C@H]2C(C#N)=C(SCc3ccccc3Cl)NC(=O)[C@@H]2C(=O)OC)cc1. The van der Waals surface area contributed by atoms with Gasteiger partial charge in [0.15, 0.2) is 0 Å².